The van der Waals surface area contributed by atoms with Gasteiger partial charge in [0.25, 0.3) is 5.78 Å². The number of carbonyl (C=O) groups is 3. The van der Waals surface area contributed by atoms with Crippen molar-refractivity contribution in [1.82, 2.24) is 4.98 Å². The lowest BCUT2D eigenvalue weighted by Crippen LogP contribution is -2.29. The molecule has 0 saturated carbocycles. The van der Waals surface area contributed by atoms with Gasteiger partial charge in [0.1, 0.15) is 16.5 Å². The number of benzene rings is 2. The van der Waals surface area contributed by atoms with E-state index in [0.717, 1.165) is 16.2 Å². The number of hydrogen-bond donors (Lipinski definition) is 1. The van der Waals surface area contributed by atoms with E-state index >= 15 is 0 Å². The Kier molecular flexibility index (Phi) is 5.58. The van der Waals surface area contributed by atoms with Crippen LogP contribution in [0, 0.1) is 12.7 Å². The average Bonchev–Trinajstić information content (AvgIpc) is 3.31. The molecular weight excluding hydrogens is 435 g/mol. The Balaban J connectivity index is 1.93. The SMILES string of the molecule is COC(=O)c1sc(N2C(=O)C(=O)C(=C(O)c3ccccc3)[C@@H]2c2ccc(F)cc2)nc1C. The van der Waals surface area contributed by atoms with Crippen molar-refractivity contribution in [2.24, 2.45) is 0 Å². The Hall–Kier alpha value is -3.85. The Labute approximate surface area is 186 Å². The molecule has 4 rings (SSSR count). The first-order chi connectivity index (χ1) is 15.3. The number of esters is 1. The van der Waals surface area contributed by atoms with E-state index in [4.69, 9.17) is 4.74 Å². The Morgan fingerprint density at radius 3 is 2.41 bits per heavy atom. The summed E-state index contributed by atoms with van der Waals surface area (Å²) in [4.78, 5) is 43.8. The van der Waals surface area contributed by atoms with E-state index in [9.17, 15) is 23.9 Å². The minimum atomic E-state index is -1.06. The van der Waals surface area contributed by atoms with Crippen molar-refractivity contribution in [2.45, 2.75) is 13.0 Å². The van der Waals surface area contributed by atoms with Crippen LogP contribution in [0.5, 0.6) is 0 Å². The summed E-state index contributed by atoms with van der Waals surface area (Å²) in [6.07, 6.45) is 0. The number of carbonyl (C=O) groups excluding carboxylic acids is 3. The maximum absolute atomic E-state index is 13.6. The van der Waals surface area contributed by atoms with Gasteiger partial charge in [-0.05, 0) is 24.6 Å². The van der Waals surface area contributed by atoms with Crippen molar-refractivity contribution in [3.05, 3.63) is 87.7 Å². The van der Waals surface area contributed by atoms with E-state index in [-0.39, 0.29) is 21.3 Å². The molecule has 0 spiro atoms. The van der Waals surface area contributed by atoms with Crippen molar-refractivity contribution in [2.75, 3.05) is 12.0 Å². The highest BCUT2D eigenvalue weighted by molar-refractivity contribution is 7.17. The van der Waals surface area contributed by atoms with Crippen LogP contribution < -0.4 is 4.90 Å². The molecule has 0 aliphatic carbocycles. The predicted octanol–water partition coefficient (Wildman–Crippen LogP) is 4.00. The van der Waals surface area contributed by atoms with Gasteiger partial charge in [0.2, 0.25) is 0 Å². The maximum atomic E-state index is 13.6. The van der Waals surface area contributed by atoms with Gasteiger partial charge in [-0.2, -0.15) is 0 Å². The number of methoxy groups -OCH3 is 1. The number of aromatic nitrogens is 1. The van der Waals surface area contributed by atoms with E-state index < -0.39 is 29.5 Å². The van der Waals surface area contributed by atoms with E-state index in [0.29, 0.717) is 16.8 Å². The second-order valence-electron chi connectivity index (χ2n) is 6.99. The topological polar surface area (TPSA) is 96.8 Å². The third kappa shape index (κ3) is 3.56. The fourth-order valence-corrected chi connectivity index (χ4v) is 4.52. The van der Waals surface area contributed by atoms with Crippen LogP contribution in [-0.4, -0.2) is 34.9 Å². The van der Waals surface area contributed by atoms with Gasteiger partial charge in [0, 0.05) is 5.56 Å². The monoisotopic (exact) mass is 452 g/mol. The maximum Gasteiger partial charge on any atom is 0.350 e. The first-order valence-corrected chi connectivity index (χ1v) is 10.3. The summed E-state index contributed by atoms with van der Waals surface area (Å²) in [6, 6.07) is 12.5. The lowest BCUT2D eigenvalue weighted by Gasteiger charge is -2.23. The molecule has 32 heavy (non-hydrogen) atoms. The van der Waals surface area contributed by atoms with Crippen LogP contribution in [0.3, 0.4) is 0 Å². The zero-order valence-corrected chi connectivity index (χ0v) is 17.9. The van der Waals surface area contributed by atoms with Crippen molar-refractivity contribution in [3.8, 4) is 0 Å². The van der Waals surface area contributed by atoms with Gasteiger partial charge in [-0.15, -0.1) is 0 Å². The minimum Gasteiger partial charge on any atom is -0.507 e. The van der Waals surface area contributed by atoms with E-state index in [1.54, 1.807) is 37.3 Å². The van der Waals surface area contributed by atoms with Gasteiger partial charge in [0.05, 0.1) is 24.4 Å². The number of halogens is 1. The second-order valence-corrected chi connectivity index (χ2v) is 7.97. The molecule has 2 aromatic carbocycles. The summed E-state index contributed by atoms with van der Waals surface area (Å²) < 4.78 is 18.3. The molecule has 1 aromatic heterocycles. The highest BCUT2D eigenvalue weighted by Gasteiger charge is 2.48. The predicted molar refractivity (Wildman–Crippen MR) is 116 cm³/mol. The molecule has 1 saturated heterocycles. The summed E-state index contributed by atoms with van der Waals surface area (Å²) in [5.41, 5.74) is 0.929. The highest BCUT2D eigenvalue weighted by Crippen LogP contribution is 2.43. The fraction of sp³-hybridized carbons (Fsp3) is 0.130. The lowest BCUT2D eigenvalue weighted by atomic mass is 9.95. The van der Waals surface area contributed by atoms with Crippen molar-refractivity contribution >= 4 is 39.9 Å². The van der Waals surface area contributed by atoms with Crippen LogP contribution in [0.2, 0.25) is 0 Å². The first-order valence-electron chi connectivity index (χ1n) is 9.51. The normalized spacial score (nSPS) is 17.6. The number of rotatable bonds is 4. The van der Waals surface area contributed by atoms with Crippen LogP contribution in [-0.2, 0) is 14.3 Å². The van der Waals surface area contributed by atoms with E-state index in [1.165, 1.54) is 31.4 Å². The quantitative estimate of drug-likeness (QED) is 0.278. The zero-order valence-electron chi connectivity index (χ0n) is 17.0. The van der Waals surface area contributed by atoms with Crippen molar-refractivity contribution in [1.29, 1.82) is 0 Å². The van der Waals surface area contributed by atoms with Crippen LogP contribution in [0.15, 0.2) is 60.2 Å². The Morgan fingerprint density at radius 1 is 1.12 bits per heavy atom. The second kappa shape index (κ2) is 8.35. The number of Topliss-reactive ketones (excluding diaryl/α,β-unsaturated/α-hetero) is 1. The number of aryl methyl sites for hydroxylation is 1. The van der Waals surface area contributed by atoms with E-state index in [2.05, 4.69) is 4.98 Å². The summed E-state index contributed by atoms with van der Waals surface area (Å²) in [5, 5.41) is 11.0. The van der Waals surface area contributed by atoms with Gasteiger partial charge in [-0.25, -0.2) is 14.2 Å². The summed E-state index contributed by atoms with van der Waals surface area (Å²) in [5.74, 6) is -3.30. The lowest BCUT2D eigenvalue weighted by molar-refractivity contribution is -0.132. The molecule has 1 aliphatic heterocycles. The molecule has 0 unspecified atom stereocenters. The standard InChI is InChI=1S/C23H17FN2O5S/c1-12-20(22(30)31-2)32-23(25-12)26-17(13-8-10-15(24)11-9-13)16(19(28)21(26)29)18(27)14-6-4-3-5-7-14/h3-11,17,27H,1-2H3/t17-/m0/s1. The molecule has 1 aliphatic rings. The van der Waals surface area contributed by atoms with Gasteiger partial charge < -0.3 is 9.84 Å². The molecule has 9 heteroatoms. The first kappa shape index (κ1) is 21.4. The largest absolute Gasteiger partial charge is 0.507 e. The van der Waals surface area contributed by atoms with Gasteiger partial charge in [0.15, 0.2) is 5.13 Å². The number of ether oxygens (including phenoxy) is 1. The number of thiazole rings is 1. The molecule has 1 fully saturated rings. The van der Waals surface area contributed by atoms with Crippen LogP contribution in [0.1, 0.15) is 32.5 Å². The third-order valence-electron chi connectivity index (χ3n) is 5.04. The molecule has 1 N–H and O–H groups in total. The summed E-state index contributed by atoms with van der Waals surface area (Å²) in [7, 11) is 1.23. The summed E-state index contributed by atoms with van der Waals surface area (Å²) in [6.45, 7) is 1.58. The molecule has 3 aromatic rings. The molecule has 1 amide bonds. The van der Waals surface area contributed by atoms with Gasteiger partial charge in [-0.1, -0.05) is 53.8 Å². The molecule has 0 radical (unpaired) electrons. The van der Waals surface area contributed by atoms with E-state index in [1.807, 2.05) is 0 Å². The number of ketones is 1. The highest BCUT2D eigenvalue weighted by atomic mass is 32.1. The minimum absolute atomic E-state index is 0.0893. The zero-order chi connectivity index (χ0) is 23.0. The molecular formula is C23H17FN2O5S. The molecule has 1 atom stereocenters. The molecule has 0 bridgehead atoms. The van der Waals surface area contributed by atoms with Gasteiger partial charge in [-0.3, -0.25) is 14.5 Å². The van der Waals surface area contributed by atoms with Crippen molar-refractivity contribution in [3.63, 3.8) is 0 Å². The smallest absolute Gasteiger partial charge is 0.350 e. The number of aliphatic hydroxyl groups is 1. The summed E-state index contributed by atoms with van der Waals surface area (Å²) >= 11 is 0.895. The number of nitrogens with zero attached hydrogens (tertiary/aromatic N) is 2. The van der Waals surface area contributed by atoms with Crippen LogP contribution in [0.4, 0.5) is 9.52 Å². The van der Waals surface area contributed by atoms with Crippen molar-refractivity contribution < 1.29 is 28.6 Å². The average molecular weight is 452 g/mol. The van der Waals surface area contributed by atoms with Gasteiger partial charge >= 0.3 is 11.9 Å². The number of aliphatic hydroxyl groups excluding tert-OH is 1. The van der Waals surface area contributed by atoms with Crippen LogP contribution >= 0.6 is 11.3 Å². The molecule has 7 nitrogen and oxygen atoms in total. The Morgan fingerprint density at radius 2 is 1.78 bits per heavy atom. The number of anilines is 1. The van der Waals surface area contributed by atoms with Crippen LogP contribution in [0.25, 0.3) is 5.76 Å². The fourth-order valence-electron chi connectivity index (χ4n) is 3.51. The number of hydrogen-bond acceptors (Lipinski definition) is 7. The third-order valence-corrected chi connectivity index (χ3v) is 6.18. The number of amides is 1. The molecule has 2 heterocycles. The Bertz CT molecular complexity index is 1250. The molecule has 162 valence electrons.